The molecule has 2 aromatic carbocycles. The van der Waals surface area contributed by atoms with Crippen LogP contribution in [0.15, 0.2) is 60.2 Å². The Balaban J connectivity index is 2.14. The maximum atomic E-state index is 12.0. The van der Waals surface area contributed by atoms with Gasteiger partial charge in [0.05, 0.1) is 6.61 Å². The summed E-state index contributed by atoms with van der Waals surface area (Å²) in [5, 5.41) is 9.22. The minimum Gasteiger partial charge on any atom is -0.457 e. The summed E-state index contributed by atoms with van der Waals surface area (Å²) in [7, 11) is 1.52. The highest BCUT2D eigenvalue weighted by molar-refractivity contribution is 5.98. The minimum absolute atomic E-state index is 0.0835. The second-order valence-corrected chi connectivity index (χ2v) is 5.33. The molecule has 2 rings (SSSR count). The first-order valence-corrected chi connectivity index (χ1v) is 7.77. The van der Waals surface area contributed by atoms with Gasteiger partial charge < -0.3 is 14.2 Å². The second-order valence-electron chi connectivity index (χ2n) is 5.33. The normalized spacial score (nSPS) is 12.1. The lowest BCUT2D eigenvalue weighted by atomic mass is 10.1. The van der Waals surface area contributed by atoms with E-state index in [0.717, 1.165) is 0 Å². The number of hydrogen-bond acceptors (Lipinski definition) is 5. The fraction of sp³-hybridized carbons (Fsp3) is 0.200. The predicted molar refractivity (Wildman–Crippen MR) is 94.0 cm³/mol. The Morgan fingerprint density at radius 2 is 1.88 bits per heavy atom. The van der Waals surface area contributed by atoms with Crippen molar-refractivity contribution in [2.45, 2.75) is 13.0 Å². The van der Waals surface area contributed by atoms with Crippen LogP contribution in [0, 0.1) is 11.3 Å². The lowest BCUT2D eigenvalue weighted by Gasteiger charge is -2.11. The molecule has 1 atom stereocenters. The first kappa shape index (κ1) is 18.2. The van der Waals surface area contributed by atoms with Crippen molar-refractivity contribution in [1.82, 2.24) is 0 Å². The molecule has 25 heavy (non-hydrogen) atoms. The molecule has 2 aromatic rings. The van der Waals surface area contributed by atoms with Gasteiger partial charge in [0.25, 0.3) is 0 Å². The zero-order chi connectivity index (χ0) is 18.1. The molecule has 0 bridgehead atoms. The number of hydrogen-bond donors (Lipinski definition) is 0. The average Bonchev–Trinajstić information content (AvgIpc) is 2.61. The molecule has 0 radical (unpaired) electrons. The predicted octanol–water partition coefficient (Wildman–Crippen LogP) is 3.96. The SMILES string of the molecule is COC[C@@H](C)OC(=O)/C(C#N)=C/c1cccc(Oc2ccccc2)c1. The van der Waals surface area contributed by atoms with Crippen molar-refractivity contribution >= 4 is 12.0 Å². The molecule has 0 aliphatic rings. The van der Waals surface area contributed by atoms with Crippen LogP contribution in [0.3, 0.4) is 0 Å². The van der Waals surface area contributed by atoms with Crippen LogP contribution in [0.25, 0.3) is 6.08 Å². The van der Waals surface area contributed by atoms with E-state index in [0.29, 0.717) is 17.1 Å². The molecule has 0 fully saturated rings. The van der Waals surface area contributed by atoms with Crippen LogP contribution in [0.5, 0.6) is 11.5 Å². The highest BCUT2D eigenvalue weighted by atomic mass is 16.6. The number of benzene rings is 2. The monoisotopic (exact) mass is 337 g/mol. The summed E-state index contributed by atoms with van der Waals surface area (Å²) in [6.07, 6.45) is 1.04. The number of para-hydroxylation sites is 1. The topological polar surface area (TPSA) is 68.5 Å². The smallest absolute Gasteiger partial charge is 0.349 e. The molecule has 0 aromatic heterocycles. The van der Waals surface area contributed by atoms with E-state index in [1.807, 2.05) is 36.4 Å². The van der Waals surface area contributed by atoms with Crippen LogP contribution >= 0.6 is 0 Å². The van der Waals surface area contributed by atoms with Gasteiger partial charge in [-0.15, -0.1) is 0 Å². The third-order valence-electron chi connectivity index (χ3n) is 3.20. The van der Waals surface area contributed by atoms with Crippen LogP contribution in [0.1, 0.15) is 12.5 Å². The minimum atomic E-state index is -0.679. The molecule has 0 saturated carbocycles. The zero-order valence-electron chi connectivity index (χ0n) is 14.1. The highest BCUT2D eigenvalue weighted by Crippen LogP contribution is 2.23. The number of ether oxygens (including phenoxy) is 3. The van der Waals surface area contributed by atoms with Crippen LogP contribution in [-0.2, 0) is 14.3 Å². The maximum Gasteiger partial charge on any atom is 0.349 e. The number of rotatable bonds is 7. The van der Waals surface area contributed by atoms with Crippen molar-refractivity contribution in [3.05, 3.63) is 65.7 Å². The van der Waals surface area contributed by atoms with Crippen LogP contribution in [0.4, 0.5) is 0 Å². The van der Waals surface area contributed by atoms with E-state index in [-0.39, 0.29) is 12.2 Å². The Morgan fingerprint density at radius 1 is 1.16 bits per heavy atom. The Morgan fingerprint density at radius 3 is 2.56 bits per heavy atom. The van der Waals surface area contributed by atoms with Gasteiger partial charge in [-0.25, -0.2) is 4.79 Å². The van der Waals surface area contributed by atoms with Gasteiger partial charge in [0.1, 0.15) is 29.2 Å². The Hall–Kier alpha value is -3.10. The number of nitrogens with zero attached hydrogens (tertiary/aromatic N) is 1. The van der Waals surface area contributed by atoms with E-state index >= 15 is 0 Å². The van der Waals surface area contributed by atoms with E-state index in [1.165, 1.54) is 13.2 Å². The van der Waals surface area contributed by atoms with Crippen molar-refractivity contribution in [2.75, 3.05) is 13.7 Å². The van der Waals surface area contributed by atoms with Gasteiger partial charge in [-0.3, -0.25) is 0 Å². The quantitative estimate of drug-likeness (QED) is 0.434. The van der Waals surface area contributed by atoms with E-state index < -0.39 is 12.1 Å². The molecule has 0 saturated heterocycles. The fourth-order valence-corrected chi connectivity index (χ4v) is 2.11. The molecule has 0 aliphatic heterocycles. The molecule has 0 aliphatic carbocycles. The van der Waals surface area contributed by atoms with E-state index in [1.54, 1.807) is 31.2 Å². The fourth-order valence-electron chi connectivity index (χ4n) is 2.11. The summed E-state index contributed by atoms with van der Waals surface area (Å²) in [6, 6.07) is 18.3. The molecule has 0 spiro atoms. The van der Waals surface area contributed by atoms with Crippen molar-refractivity contribution in [2.24, 2.45) is 0 Å². The molecule has 128 valence electrons. The third-order valence-corrected chi connectivity index (χ3v) is 3.20. The molecule has 0 unspecified atom stereocenters. The van der Waals surface area contributed by atoms with Crippen LogP contribution in [0.2, 0.25) is 0 Å². The Labute approximate surface area is 147 Å². The molecule has 5 nitrogen and oxygen atoms in total. The summed E-state index contributed by atoms with van der Waals surface area (Å²) < 4.78 is 15.8. The highest BCUT2D eigenvalue weighted by Gasteiger charge is 2.14. The lowest BCUT2D eigenvalue weighted by molar-refractivity contribution is -0.145. The van der Waals surface area contributed by atoms with Gasteiger partial charge in [-0.2, -0.15) is 5.26 Å². The molecule has 5 heteroatoms. The average molecular weight is 337 g/mol. The van der Waals surface area contributed by atoms with Crippen molar-refractivity contribution in [3.63, 3.8) is 0 Å². The number of esters is 1. The van der Waals surface area contributed by atoms with Gasteiger partial charge in [0.15, 0.2) is 0 Å². The molecule has 0 heterocycles. The molecule has 0 N–H and O–H groups in total. The van der Waals surface area contributed by atoms with Crippen LogP contribution < -0.4 is 4.74 Å². The Kier molecular flexibility index (Phi) is 6.76. The molecular formula is C20H19NO4. The van der Waals surface area contributed by atoms with Gasteiger partial charge in [0.2, 0.25) is 0 Å². The standard InChI is InChI=1S/C20H19NO4/c1-15(14-23-2)24-20(22)17(13-21)11-16-7-6-10-19(12-16)25-18-8-4-3-5-9-18/h3-12,15H,14H2,1-2H3/b17-11+/t15-/m1/s1. The van der Waals surface area contributed by atoms with Crippen molar-refractivity contribution < 1.29 is 19.0 Å². The maximum absolute atomic E-state index is 12.0. The number of carbonyl (C=O) groups is 1. The summed E-state index contributed by atoms with van der Waals surface area (Å²) in [5.74, 6) is 0.636. The van der Waals surface area contributed by atoms with Gasteiger partial charge in [-0.1, -0.05) is 30.3 Å². The number of nitriles is 1. The van der Waals surface area contributed by atoms with E-state index in [2.05, 4.69) is 0 Å². The van der Waals surface area contributed by atoms with Gasteiger partial charge in [-0.05, 0) is 42.8 Å². The van der Waals surface area contributed by atoms with Gasteiger partial charge >= 0.3 is 5.97 Å². The van der Waals surface area contributed by atoms with Gasteiger partial charge in [0, 0.05) is 7.11 Å². The lowest BCUT2D eigenvalue weighted by Crippen LogP contribution is -2.20. The third kappa shape index (κ3) is 5.79. The first-order valence-electron chi connectivity index (χ1n) is 7.77. The van der Waals surface area contributed by atoms with Crippen molar-refractivity contribution in [3.8, 4) is 17.6 Å². The number of carbonyl (C=O) groups excluding carboxylic acids is 1. The second kappa shape index (κ2) is 9.26. The number of methoxy groups -OCH3 is 1. The summed E-state index contributed by atoms with van der Waals surface area (Å²) in [6.45, 7) is 1.97. The van der Waals surface area contributed by atoms with Crippen LogP contribution in [-0.4, -0.2) is 25.8 Å². The summed E-state index contributed by atoms with van der Waals surface area (Å²) >= 11 is 0. The zero-order valence-corrected chi connectivity index (χ0v) is 14.1. The first-order chi connectivity index (χ1) is 12.1. The van der Waals surface area contributed by atoms with E-state index in [4.69, 9.17) is 14.2 Å². The van der Waals surface area contributed by atoms with E-state index in [9.17, 15) is 10.1 Å². The largest absolute Gasteiger partial charge is 0.457 e. The Bertz CT molecular complexity index is 778. The summed E-state index contributed by atoms with van der Waals surface area (Å²) in [4.78, 5) is 12.0. The molecule has 0 amide bonds. The molecular weight excluding hydrogens is 318 g/mol. The summed E-state index contributed by atoms with van der Waals surface area (Å²) in [5.41, 5.74) is 0.584. The van der Waals surface area contributed by atoms with Crippen molar-refractivity contribution in [1.29, 1.82) is 5.26 Å².